The summed E-state index contributed by atoms with van der Waals surface area (Å²) in [5.41, 5.74) is 0.874. The standard InChI is InChI=1S/C16H25NO3/c1-11(14-6-15(19)8-16(20)7-14)17-9-12-4-2-3-5-13(12)10-18/h6-8,11-13,17-20H,2-5,9-10H2,1H3. The number of aliphatic hydroxyl groups excluding tert-OH is 1. The van der Waals surface area contributed by atoms with Crippen molar-refractivity contribution in [2.45, 2.75) is 38.6 Å². The van der Waals surface area contributed by atoms with Crippen LogP contribution in [0.5, 0.6) is 11.5 Å². The monoisotopic (exact) mass is 279 g/mol. The minimum atomic E-state index is 0.0641. The van der Waals surface area contributed by atoms with Crippen molar-refractivity contribution in [3.63, 3.8) is 0 Å². The van der Waals surface area contributed by atoms with E-state index < -0.39 is 0 Å². The second-order valence-corrected chi connectivity index (χ2v) is 5.90. The van der Waals surface area contributed by atoms with Gasteiger partial charge in [0.2, 0.25) is 0 Å². The van der Waals surface area contributed by atoms with Crippen LogP contribution in [0.25, 0.3) is 0 Å². The lowest BCUT2D eigenvalue weighted by atomic mass is 9.79. The molecule has 0 aliphatic heterocycles. The zero-order valence-electron chi connectivity index (χ0n) is 12.0. The van der Waals surface area contributed by atoms with Crippen LogP contribution in [0.3, 0.4) is 0 Å². The predicted molar refractivity (Wildman–Crippen MR) is 78.7 cm³/mol. The van der Waals surface area contributed by atoms with Crippen molar-refractivity contribution in [1.29, 1.82) is 0 Å². The molecule has 1 fully saturated rings. The lowest BCUT2D eigenvalue weighted by molar-refractivity contribution is 0.131. The van der Waals surface area contributed by atoms with E-state index in [1.54, 1.807) is 12.1 Å². The smallest absolute Gasteiger partial charge is 0.119 e. The normalized spacial score (nSPS) is 24.5. The molecule has 3 atom stereocenters. The highest BCUT2D eigenvalue weighted by Crippen LogP contribution is 2.30. The van der Waals surface area contributed by atoms with E-state index in [1.165, 1.54) is 18.9 Å². The van der Waals surface area contributed by atoms with Gasteiger partial charge in [-0.05, 0) is 55.8 Å². The van der Waals surface area contributed by atoms with Gasteiger partial charge in [0, 0.05) is 18.7 Å². The molecule has 1 aliphatic carbocycles. The molecule has 1 saturated carbocycles. The lowest BCUT2D eigenvalue weighted by Crippen LogP contribution is -2.33. The quantitative estimate of drug-likeness (QED) is 0.668. The third-order valence-corrected chi connectivity index (χ3v) is 4.41. The fourth-order valence-corrected chi connectivity index (χ4v) is 3.11. The number of benzene rings is 1. The van der Waals surface area contributed by atoms with Crippen LogP contribution in [-0.4, -0.2) is 28.5 Å². The zero-order valence-corrected chi connectivity index (χ0v) is 12.0. The van der Waals surface area contributed by atoms with Crippen molar-refractivity contribution in [2.75, 3.05) is 13.2 Å². The maximum Gasteiger partial charge on any atom is 0.119 e. The Morgan fingerprint density at radius 3 is 2.30 bits per heavy atom. The Balaban J connectivity index is 1.92. The molecule has 0 bridgehead atoms. The van der Waals surface area contributed by atoms with Crippen molar-refractivity contribution in [1.82, 2.24) is 5.32 Å². The first-order chi connectivity index (χ1) is 9.60. The van der Waals surface area contributed by atoms with E-state index in [2.05, 4.69) is 5.32 Å². The number of hydrogen-bond donors (Lipinski definition) is 4. The van der Waals surface area contributed by atoms with Gasteiger partial charge in [-0.3, -0.25) is 0 Å². The molecule has 0 radical (unpaired) electrons. The Morgan fingerprint density at radius 1 is 1.10 bits per heavy atom. The Kier molecular flexibility index (Phi) is 5.26. The molecule has 4 N–H and O–H groups in total. The summed E-state index contributed by atoms with van der Waals surface area (Å²) in [6.45, 7) is 3.15. The number of aromatic hydroxyl groups is 2. The van der Waals surface area contributed by atoms with Gasteiger partial charge in [-0.25, -0.2) is 0 Å². The Morgan fingerprint density at radius 2 is 1.70 bits per heavy atom. The van der Waals surface area contributed by atoms with Crippen LogP contribution < -0.4 is 5.32 Å². The van der Waals surface area contributed by atoms with Crippen LogP contribution in [0.4, 0.5) is 0 Å². The van der Waals surface area contributed by atoms with Crippen LogP contribution in [0, 0.1) is 11.8 Å². The van der Waals surface area contributed by atoms with Gasteiger partial charge in [0.25, 0.3) is 0 Å². The van der Waals surface area contributed by atoms with E-state index in [0.717, 1.165) is 24.9 Å². The molecular formula is C16H25NO3. The summed E-state index contributed by atoms with van der Waals surface area (Å²) in [5.74, 6) is 1.09. The SMILES string of the molecule is CC(NCC1CCCCC1CO)c1cc(O)cc(O)c1. The van der Waals surface area contributed by atoms with E-state index in [-0.39, 0.29) is 24.1 Å². The minimum Gasteiger partial charge on any atom is -0.508 e. The van der Waals surface area contributed by atoms with Gasteiger partial charge in [0.05, 0.1) is 0 Å². The highest BCUT2D eigenvalue weighted by molar-refractivity contribution is 5.37. The Hall–Kier alpha value is -1.26. The number of aliphatic hydroxyl groups is 1. The molecule has 0 amide bonds. The van der Waals surface area contributed by atoms with Gasteiger partial charge in [-0.15, -0.1) is 0 Å². The number of phenolic OH excluding ortho intramolecular Hbond substituents is 2. The van der Waals surface area contributed by atoms with E-state index in [4.69, 9.17) is 0 Å². The second kappa shape index (κ2) is 6.95. The summed E-state index contributed by atoms with van der Waals surface area (Å²) >= 11 is 0. The minimum absolute atomic E-state index is 0.0641. The maximum atomic E-state index is 9.52. The average molecular weight is 279 g/mol. The highest BCUT2D eigenvalue weighted by atomic mass is 16.3. The third-order valence-electron chi connectivity index (χ3n) is 4.41. The highest BCUT2D eigenvalue weighted by Gasteiger charge is 2.24. The fourth-order valence-electron chi connectivity index (χ4n) is 3.11. The molecule has 0 spiro atoms. The van der Waals surface area contributed by atoms with Crippen molar-refractivity contribution >= 4 is 0 Å². The fraction of sp³-hybridized carbons (Fsp3) is 0.625. The summed E-state index contributed by atoms with van der Waals surface area (Å²) in [6.07, 6.45) is 4.74. The second-order valence-electron chi connectivity index (χ2n) is 5.90. The van der Waals surface area contributed by atoms with Gasteiger partial charge < -0.3 is 20.6 Å². The molecular weight excluding hydrogens is 254 g/mol. The van der Waals surface area contributed by atoms with Crippen molar-refractivity contribution < 1.29 is 15.3 Å². The van der Waals surface area contributed by atoms with Gasteiger partial charge in [0.1, 0.15) is 11.5 Å². The lowest BCUT2D eigenvalue weighted by Gasteiger charge is -2.31. The molecule has 0 heterocycles. The van der Waals surface area contributed by atoms with Crippen LogP contribution in [0.15, 0.2) is 18.2 Å². The number of nitrogens with one attached hydrogen (secondary N) is 1. The van der Waals surface area contributed by atoms with E-state index in [0.29, 0.717) is 11.8 Å². The topological polar surface area (TPSA) is 72.7 Å². The molecule has 112 valence electrons. The molecule has 3 unspecified atom stereocenters. The molecule has 2 rings (SSSR count). The Bertz CT molecular complexity index is 415. The number of hydrogen-bond acceptors (Lipinski definition) is 4. The molecule has 1 aromatic carbocycles. The molecule has 1 aliphatic rings. The van der Waals surface area contributed by atoms with Crippen molar-refractivity contribution in [3.05, 3.63) is 23.8 Å². The largest absolute Gasteiger partial charge is 0.508 e. The first-order valence-electron chi connectivity index (χ1n) is 7.47. The summed E-state index contributed by atoms with van der Waals surface area (Å²) in [7, 11) is 0. The third kappa shape index (κ3) is 3.87. The number of phenols is 2. The van der Waals surface area contributed by atoms with E-state index in [1.807, 2.05) is 6.92 Å². The first-order valence-corrected chi connectivity index (χ1v) is 7.47. The molecule has 0 aromatic heterocycles. The van der Waals surface area contributed by atoms with Crippen molar-refractivity contribution in [3.8, 4) is 11.5 Å². The summed E-state index contributed by atoms with van der Waals surface area (Å²) < 4.78 is 0. The molecule has 1 aromatic rings. The predicted octanol–water partition coefficient (Wildman–Crippen LogP) is 2.55. The van der Waals surface area contributed by atoms with Crippen LogP contribution in [0.1, 0.15) is 44.2 Å². The summed E-state index contributed by atoms with van der Waals surface area (Å²) in [5, 5.41) is 31.9. The average Bonchev–Trinajstić information content (AvgIpc) is 2.44. The van der Waals surface area contributed by atoms with Crippen molar-refractivity contribution in [2.24, 2.45) is 11.8 Å². The van der Waals surface area contributed by atoms with Gasteiger partial charge in [-0.2, -0.15) is 0 Å². The maximum absolute atomic E-state index is 9.52. The van der Waals surface area contributed by atoms with Crippen LogP contribution in [0.2, 0.25) is 0 Å². The van der Waals surface area contributed by atoms with E-state index in [9.17, 15) is 15.3 Å². The molecule has 0 saturated heterocycles. The molecule has 20 heavy (non-hydrogen) atoms. The number of rotatable bonds is 5. The first kappa shape index (κ1) is 15.1. The molecule has 4 nitrogen and oxygen atoms in total. The molecule has 4 heteroatoms. The van der Waals surface area contributed by atoms with Gasteiger partial charge >= 0.3 is 0 Å². The summed E-state index contributed by atoms with van der Waals surface area (Å²) in [6, 6.07) is 4.73. The zero-order chi connectivity index (χ0) is 14.5. The van der Waals surface area contributed by atoms with E-state index >= 15 is 0 Å². The summed E-state index contributed by atoms with van der Waals surface area (Å²) in [4.78, 5) is 0. The van der Waals surface area contributed by atoms with Crippen LogP contribution in [-0.2, 0) is 0 Å². The van der Waals surface area contributed by atoms with Gasteiger partial charge in [0.15, 0.2) is 0 Å². The van der Waals surface area contributed by atoms with Crippen LogP contribution >= 0.6 is 0 Å². The van der Waals surface area contributed by atoms with Gasteiger partial charge in [-0.1, -0.05) is 12.8 Å². The Labute approximate surface area is 120 Å².